The van der Waals surface area contributed by atoms with Gasteiger partial charge in [0, 0.05) is 59.7 Å². The zero-order valence-electron chi connectivity index (χ0n) is 55.1. The number of hydrogen-bond acceptors (Lipinski definition) is 1. The third-order valence-electron chi connectivity index (χ3n) is 29.6. The lowest BCUT2D eigenvalue weighted by molar-refractivity contribution is 0.166. The van der Waals surface area contributed by atoms with Gasteiger partial charge >= 0.3 is 0 Å². The number of fused-ring (bicyclic) bond motifs is 12. The van der Waals surface area contributed by atoms with Crippen molar-refractivity contribution < 1.29 is 0 Å². The molecule has 27 rings (SSSR count). The molecular weight excluding hydrogens is 1110 g/mol. The monoisotopic (exact) mass is 1200 g/mol. The molecule has 16 bridgehead atoms. The van der Waals surface area contributed by atoms with Crippen molar-refractivity contribution in [2.45, 2.75) is 228 Å². The molecule has 11 aromatic rings. The first kappa shape index (κ1) is 52.5. The van der Waals surface area contributed by atoms with Gasteiger partial charge in [0.05, 0.1) is 45.8 Å². The molecule has 4 heterocycles. The van der Waals surface area contributed by atoms with Gasteiger partial charge in [0.2, 0.25) is 0 Å². The van der Waals surface area contributed by atoms with Crippen LogP contribution in [0.2, 0.25) is 0 Å². The molecule has 16 aliphatic carbocycles. The van der Waals surface area contributed by atoms with Gasteiger partial charge in [-0.05, 0) is 325 Å². The quantitative estimate of drug-likeness (QED) is 0.159. The molecule has 92 heavy (non-hydrogen) atoms. The summed E-state index contributed by atoms with van der Waals surface area (Å²) in [6, 6.07) is 33.9. The van der Waals surface area contributed by atoms with E-state index in [-0.39, 0.29) is 10.8 Å². The topological polar surface area (TPSA) is 37.0 Å². The smallest absolute Gasteiger partial charge is 0.193 e. The number of nitriles is 1. The largest absolute Gasteiger partial charge is 0.309 e. The van der Waals surface area contributed by atoms with Crippen LogP contribution in [0, 0.1) is 65.2 Å². The SMILES string of the molecule is [C-]#[N+]c1cc2c(c3c1C1CC4CC(C1)CC3C4)c1c3c(cc4c5c(-c6ccc(C(C)(C)C)cc6)c6c(c(-c7ccc(C(C)(C)C)cc7)c5n2c41)c1cc2c(c4c5c7c(c(C#N)cc5n6c14)C1CC4CC(C1)CC7C4)C1CC4CC(CC2C4)C1)C1CC2CC(C1)CC3C2. The highest BCUT2D eigenvalue weighted by atomic mass is 15.0. The highest BCUT2D eigenvalue weighted by Gasteiger charge is 2.51. The summed E-state index contributed by atoms with van der Waals surface area (Å²) in [5, 5.41) is 24.0. The van der Waals surface area contributed by atoms with E-state index in [0.29, 0.717) is 47.3 Å². The molecular formula is C88H86N4. The van der Waals surface area contributed by atoms with Crippen LogP contribution < -0.4 is 0 Å². The summed E-state index contributed by atoms with van der Waals surface area (Å²) in [7, 11) is 0. The van der Waals surface area contributed by atoms with Crippen LogP contribution in [-0.4, -0.2) is 8.80 Å². The van der Waals surface area contributed by atoms with Gasteiger partial charge in [0.15, 0.2) is 5.69 Å². The summed E-state index contributed by atoms with van der Waals surface area (Å²) in [6.45, 7) is 23.7. The summed E-state index contributed by atoms with van der Waals surface area (Å²) < 4.78 is 5.81. The number of benzene rings is 7. The molecule has 4 nitrogen and oxygen atoms in total. The Bertz CT molecular complexity index is 4900. The molecule has 0 radical (unpaired) electrons. The molecule has 8 atom stereocenters. The Morgan fingerprint density at radius 1 is 0.370 bits per heavy atom. The summed E-state index contributed by atoms with van der Waals surface area (Å²) in [5.41, 5.74) is 31.3. The zero-order chi connectivity index (χ0) is 60.8. The lowest BCUT2D eigenvalue weighted by atomic mass is 9.66. The molecule has 8 saturated carbocycles. The summed E-state index contributed by atoms with van der Waals surface area (Å²) in [5.74, 6) is 10.4. The Kier molecular flexibility index (Phi) is 9.89. The second-order valence-corrected chi connectivity index (χ2v) is 36.5. The van der Waals surface area contributed by atoms with Crippen LogP contribution in [0.25, 0.3) is 103 Å². The van der Waals surface area contributed by atoms with Crippen molar-refractivity contribution in [2.75, 3.05) is 0 Å². The molecule has 4 aromatic heterocycles. The van der Waals surface area contributed by atoms with Gasteiger partial charge < -0.3 is 8.80 Å². The van der Waals surface area contributed by atoms with Crippen molar-refractivity contribution in [2.24, 2.45) is 47.3 Å². The molecule has 0 spiro atoms. The zero-order valence-corrected chi connectivity index (χ0v) is 55.1. The Morgan fingerprint density at radius 2 is 0.707 bits per heavy atom. The fraction of sp³-hybridized carbons (Fsp3) is 0.500. The minimum Gasteiger partial charge on any atom is -0.309 e. The van der Waals surface area contributed by atoms with E-state index in [1.54, 1.807) is 54.9 Å². The standard InChI is InChI=1S/C88H86N4/c1-87(2,3)60-12-8-49(9-13-60)75-78-65-38-63-52-22-43-17-44(23-52)29-55(28-43)71(63)82-80-68(39-66(90-7)72-56-30-47-19-48(31-56)35-58(34-47)74(72)80)92(84(65)82)86(78)76(50-10-14-61(15-11-50)88(4,5)6)77-64-37-62-51-20-41-16-42(21-51)27-54(26-41)70(62)81-79-67(91(83(64)81)85(75)77)36-59(40-89)69-53-24-45-18-46(25-53)33-57(32-45)73(69)79/h8-15,36-39,41-48,51-58H,16-35H2,1-6H3. The molecule has 0 N–H and O–H groups in total. The van der Waals surface area contributed by atoms with E-state index in [1.807, 2.05) is 0 Å². The maximum absolute atomic E-state index is 12.0. The fourth-order valence-corrected chi connectivity index (χ4v) is 27.1. The van der Waals surface area contributed by atoms with E-state index < -0.39 is 0 Å². The lowest BCUT2D eigenvalue weighted by Gasteiger charge is -2.38. The lowest BCUT2D eigenvalue weighted by Crippen LogP contribution is -2.25. The first-order valence-electron chi connectivity index (χ1n) is 37.4. The van der Waals surface area contributed by atoms with E-state index in [9.17, 15) is 11.8 Å². The van der Waals surface area contributed by atoms with Gasteiger partial charge in [-0.2, -0.15) is 5.26 Å². The Labute approximate surface area is 542 Å². The van der Waals surface area contributed by atoms with Gasteiger partial charge in [-0.1, -0.05) is 90.1 Å². The third-order valence-corrected chi connectivity index (χ3v) is 29.6. The maximum atomic E-state index is 12.0. The molecule has 458 valence electrons. The van der Waals surface area contributed by atoms with Crippen molar-refractivity contribution in [1.82, 2.24) is 8.80 Å². The van der Waals surface area contributed by atoms with Crippen LogP contribution in [0.4, 0.5) is 5.69 Å². The fourth-order valence-electron chi connectivity index (χ4n) is 27.1. The molecule has 0 amide bonds. The minimum atomic E-state index is -0.0123. The average molecular weight is 1200 g/mol. The minimum absolute atomic E-state index is 0.0120. The molecule has 16 aliphatic rings. The van der Waals surface area contributed by atoms with Crippen LogP contribution in [0.15, 0.2) is 72.8 Å². The van der Waals surface area contributed by atoms with Crippen LogP contribution >= 0.6 is 0 Å². The van der Waals surface area contributed by atoms with E-state index in [4.69, 9.17) is 4.85 Å². The maximum Gasteiger partial charge on any atom is 0.193 e. The number of rotatable bonds is 2. The van der Waals surface area contributed by atoms with Crippen LogP contribution in [-0.2, 0) is 10.8 Å². The van der Waals surface area contributed by atoms with Crippen LogP contribution in [0.5, 0.6) is 0 Å². The van der Waals surface area contributed by atoms with Gasteiger partial charge in [-0.3, -0.25) is 0 Å². The van der Waals surface area contributed by atoms with E-state index in [2.05, 4.69) is 129 Å². The molecule has 8 fully saturated rings. The molecule has 7 aromatic carbocycles. The summed E-state index contributed by atoms with van der Waals surface area (Å²) in [6.07, 6.45) is 26.4. The Hall–Kier alpha value is -6.88. The normalized spacial score (nSPS) is 32.7. The summed E-state index contributed by atoms with van der Waals surface area (Å²) >= 11 is 0. The molecule has 0 saturated heterocycles. The number of hydrogen-bond donors (Lipinski definition) is 0. The van der Waals surface area contributed by atoms with E-state index in [0.717, 1.165) is 58.6 Å². The van der Waals surface area contributed by atoms with Crippen molar-refractivity contribution >= 4 is 81.9 Å². The van der Waals surface area contributed by atoms with Gasteiger partial charge in [-0.25, -0.2) is 4.85 Å². The molecule has 4 heteroatoms. The number of nitrogens with zero attached hydrogens (tertiary/aromatic N) is 4. The first-order valence-corrected chi connectivity index (χ1v) is 37.4. The Balaban J connectivity index is 0.993. The highest BCUT2D eigenvalue weighted by molar-refractivity contribution is 6.39. The average Bonchev–Trinajstić information content (AvgIpc) is 1.49. The second kappa shape index (κ2) is 17.3. The number of aromatic nitrogens is 2. The van der Waals surface area contributed by atoms with Crippen molar-refractivity contribution in [1.29, 1.82) is 5.26 Å². The van der Waals surface area contributed by atoms with E-state index >= 15 is 0 Å². The van der Waals surface area contributed by atoms with Crippen molar-refractivity contribution in [3.63, 3.8) is 0 Å². The van der Waals surface area contributed by atoms with E-state index in [1.165, 1.54) is 228 Å². The molecule has 8 unspecified atom stereocenters. The van der Waals surface area contributed by atoms with Gasteiger partial charge in [0.25, 0.3) is 0 Å². The van der Waals surface area contributed by atoms with Gasteiger partial charge in [-0.15, -0.1) is 0 Å². The van der Waals surface area contributed by atoms with Gasteiger partial charge in [0.1, 0.15) is 0 Å². The van der Waals surface area contributed by atoms with Crippen LogP contribution in [0.3, 0.4) is 0 Å². The van der Waals surface area contributed by atoms with Crippen LogP contribution in [0.1, 0.15) is 279 Å². The second-order valence-electron chi connectivity index (χ2n) is 36.5. The van der Waals surface area contributed by atoms with Crippen molar-refractivity contribution in [3.05, 3.63) is 145 Å². The first-order chi connectivity index (χ1) is 44.7. The molecule has 0 aliphatic heterocycles. The third kappa shape index (κ3) is 6.52. The summed E-state index contributed by atoms with van der Waals surface area (Å²) in [4.78, 5) is 4.78. The predicted octanol–water partition coefficient (Wildman–Crippen LogP) is 23.9. The highest BCUT2D eigenvalue weighted by Crippen LogP contribution is 2.68. The van der Waals surface area contributed by atoms with Crippen molar-refractivity contribution in [3.8, 4) is 28.3 Å². The predicted molar refractivity (Wildman–Crippen MR) is 377 cm³/mol. The Morgan fingerprint density at radius 3 is 1.08 bits per heavy atom.